The zero-order valence-corrected chi connectivity index (χ0v) is 23.5. The van der Waals surface area contributed by atoms with E-state index in [1.165, 1.54) is 16.3 Å². The van der Waals surface area contributed by atoms with Crippen molar-refractivity contribution in [2.75, 3.05) is 13.2 Å². The molecule has 5 nitrogen and oxygen atoms in total. The molecule has 0 bridgehead atoms. The molecule has 5 heteroatoms. The first-order valence-corrected chi connectivity index (χ1v) is 13.5. The van der Waals surface area contributed by atoms with Crippen molar-refractivity contribution >= 4 is 16.7 Å². The molecule has 0 aliphatic carbocycles. The Bertz CT molecular complexity index is 1460. The minimum absolute atomic E-state index is 0.195. The molecule has 4 aromatic carbocycles. The lowest BCUT2D eigenvalue weighted by Crippen LogP contribution is -2.46. The van der Waals surface area contributed by atoms with E-state index >= 15 is 0 Å². The number of nitrogens with one attached hydrogen (secondary N) is 1. The highest BCUT2D eigenvalue weighted by molar-refractivity contribution is 5.91. The highest BCUT2D eigenvalue weighted by Crippen LogP contribution is 2.34. The van der Waals surface area contributed by atoms with Crippen LogP contribution in [0, 0.1) is 13.8 Å². The molecule has 204 valence electrons. The number of carboxylic acid groups (broad SMARTS) is 1. The van der Waals surface area contributed by atoms with Crippen LogP contribution in [0.5, 0.6) is 0 Å². The first-order chi connectivity index (χ1) is 18.6. The second-order valence-corrected chi connectivity index (χ2v) is 11.1. The number of aliphatic hydroxyl groups excluding tert-OH is 1. The molecule has 39 heavy (non-hydrogen) atoms. The molecule has 0 aliphatic rings. The maximum atomic E-state index is 11.6. The molecule has 0 heterocycles. The quantitative estimate of drug-likeness (QED) is 0.199. The van der Waals surface area contributed by atoms with Gasteiger partial charge in [0.2, 0.25) is 0 Å². The molecule has 4 rings (SSSR count). The van der Waals surface area contributed by atoms with Gasteiger partial charge in [-0.1, -0.05) is 72.8 Å². The van der Waals surface area contributed by atoms with Gasteiger partial charge in [-0.2, -0.15) is 0 Å². The van der Waals surface area contributed by atoms with Gasteiger partial charge in [0, 0.05) is 12.1 Å². The fourth-order valence-corrected chi connectivity index (χ4v) is 5.16. The summed E-state index contributed by atoms with van der Waals surface area (Å²) in [6, 6.07) is 26.5. The Morgan fingerprint density at radius 2 is 1.59 bits per heavy atom. The van der Waals surface area contributed by atoms with Gasteiger partial charge in [-0.15, -0.1) is 0 Å². The average molecular weight is 526 g/mol. The van der Waals surface area contributed by atoms with Crippen molar-refractivity contribution in [2.24, 2.45) is 0 Å². The van der Waals surface area contributed by atoms with Gasteiger partial charge in [-0.25, -0.2) is 4.79 Å². The van der Waals surface area contributed by atoms with Crippen molar-refractivity contribution < 1.29 is 19.7 Å². The van der Waals surface area contributed by atoms with Crippen LogP contribution in [-0.4, -0.2) is 41.0 Å². The van der Waals surface area contributed by atoms with Crippen molar-refractivity contribution in [2.45, 2.75) is 58.8 Å². The monoisotopic (exact) mass is 525 g/mol. The Hall–Kier alpha value is -3.51. The summed E-state index contributed by atoms with van der Waals surface area (Å²) in [5, 5.41) is 26.2. The molecule has 0 saturated heterocycles. The van der Waals surface area contributed by atoms with Crippen molar-refractivity contribution in [1.82, 2.24) is 5.32 Å². The van der Waals surface area contributed by atoms with E-state index in [1.807, 2.05) is 51.1 Å². The SMILES string of the molecule is Cc1c(C(=O)O)ccc(-c2ccccc2[C@@H](C)OC[C@H](O)CNC(C)(C)Cc2ccc3ccccc3c2)c1C. The number of fused-ring (bicyclic) bond motifs is 1. The van der Waals surface area contributed by atoms with Gasteiger partial charge in [0.1, 0.15) is 0 Å². The first kappa shape index (κ1) is 28.5. The topological polar surface area (TPSA) is 78.8 Å². The lowest BCUT2D eigenvalue weighted by molar-refractivity contribution is -0.00397. The maximum absolute atomic E-state index is 11.6. The Balaban J connectivity index is 1.36. The number of aliphatic hydroxyl groups is 1. The van der Waals surface area contributed by atoms with E-state index in [1.54, 1.807) is 6.07 Å². The normalized spacial score (nSPS) is 13.4. The van der Waals surface area contributed by atoms with Crippen LogP contribution in [0.3, 0.4) is 0 Å². The fraction of sp³-hybridized carbons (Fsp3) is 0.324. The molecule has 4 aromatic rings. The van der Waals surface area contributed by atoms with Crippen LogP contribution in [0.4, 0.5) is 0 Å². The van der Waals surface area contributed by atoms with Crippen LogP contribution in [0.25, 0.3) is 21.9 Å². The highest BCUT2D eigenvalue weighted by Gasteiger charge is 2.21. The minimum Gasteiger partial charge on any atom is -0.478 e. The molecule has 0 radical (unpaired) electrons. The minimum atomic E-state index is -0.921. The van der Waals surface area contributed by atoms with Crippen LogP contribution < -0.4 is 5.32 Å². The molecule has 0 saturated carbocycles. The number of benzene rings is 4. The van der Waals surface area contributed by atoms with E-state index in [4.69, 9.17) is 4.74 Å². The van der Waals surface area contributed by atoms with Gasteiger partial charge in [0.25, 0.3) is 0 Å². The average Bonchev–Trinajstić information content (AvgIpc) is 2.91. The Morgan fingerprint density at radius 1 is 0.897 bits per heavy atom. The Morgan fingerprint density at radius 3 is 2.33 bits per heavy atom. The summed E-state index contributed by atoms with van der Waals surface area (Å²) in [5.74, 6) is -0.921. The lowest BCUT2D eigenvalue weighted by Gasteiger charge is -2.28. The van der Waals surface area contributed by atoms with Crippen LogP contribution >= 0.6 is 0 Å². The summed E-state index contributed by atoms with van der Waals surface area (Å²) in [5.41, 5.74) is 6.07. The summed E-state index contributed by atoms with van der Waals surface area (Å²) < 4.78 is 6.13. The zero-order chi connectivity index (χ0) is 28.2. The molecule has 3 N–H and O–H groups in total. The predicted molar refractivity (Wildman–Crippen MR) is 158 cm³/mol. The number of hydrogen-bond acceptors (Lipinski definition) is 4. The molecular weight excluding hydrogens is 486 g/mol. The van der Waals surface area contributed by atoms with Crippen LogP contribution in [0.1, 0.15) is 59.5 Å². The molecule has 0 unspecified atom stereocenters. The van der Waals surface area contributed by atoms with Crippen LogP contribution in [0.15, 0.2) is 78.9 Å². The molecule has 0 spiro atoms. The fourth-order valence-electron chi connectivity index (χ4n) is 5.16. The Kier molecular flexibility index (Phi) is 8.86. The molecule has 0 amide bonds. The number of carboxylic acids is 1. The molecule has 0 fully saturated rings. The van der Waals surface area contributed by atoms with Gasteiger partial charge in [0.15, 0.2) is 0 Å². The third-order valence-electron chi connectivity index (χ3n) is 7.52. The van der Waals surface area contributed by atoms with Crippen molar-refractivity contribution in [1.29, 1.82) is 0 Å². The third-order valence-corrected chi connectivity index (χ3v) is 7.52. The summed E-state index contributed by atoms with van der Waals surface area (Å²) in [7, 11) is 0. The van der Waals surface area contributed by atoms with Gasteiger partial charge in [0.05, 0.1) is 24.4 Å². The van der Waals surface area contributed by atoms with E-state index in [2.05, 4.69) is 61.6 Å². The van der Waals surface area contributed by atoms with E-state index < -0.39 is 12.1 Å². The van der Waals surface area contributed by atoms with Crippen LogP contribution in [-0.2, 0) is 11.2 Å². The number of ether oxygens (including phenoxy) is 1. The van der Waals surface area contributed by atoms with E-state index in [-0.39, 0.29) is 18.2 Å². The largest absolute Gasteiger partial charge is 0.478 e. The van der Waals surface area contributed by atoms with E-state index in [9.17, 15) is 15.0 Å². The highest BCUT2D eigenvalue weighted by atomic mass is 16.5. The lowest BCUT2D eigenvalue weighted by atomic mass is 9.90. The number of aromatic carboxylic acids is 1. The van der Waals surface area contributed by atoms with Crippen molar-refractivity contribution in [3.63, 3.8) is 0 Å². The number of rotatable bonds is 11. The number of hydrogen-bond donors (Lipinski definition) is 3. The van der Waals surface area contributed by atoms with Gasteiger partial charge in [-0.05, 0) is 91.3 Å². The first-order valence-electron chi connectivity index (χ1n) is 13.5. The Labute approximate surface area is 231 Å². The zero-order valence-electron chi connectivity index (χ0n) is 23.5. The van der Waals surface area contributed by atoms with Gasteiger partial charge >= 0.3 is 5.97 Å². The van der Waals surface area contributed by atoms with E-state index in [0.29, 0.717) is 12.1 Å². The van der Waals surface area contributed by atoms with Gasteiger partial charge in [-0.3, -0.25) is 0 Å². The number of carbonyl (C=O) groups is 1. The molecule has 0 aliphatic heterocycles. The summed E-state index contributed by atoms with van der Waals surface area (Å²) in [4.78, 5) is 11.6. The van der Waals surface area contributed by atoms with Gasteiger partial charge < -0.3 is 20.3 Å². The summed E-state index contributed by atoms with van der Waals surface area (Å²) >= 11 is 0. The number of β-amino-alcohol motifs (C(OH)–C–C–N with tert-alkyl or cyclic N) is 1. The third kappa shape index (κ3) is 6.93. The molecular formula is C34H39NO4. The van der Waals surface area contributed by atoms with Crippen molar-refractivity contribution in [3.05, 3.63) is 107 Å². The smallest absolute Gasteiger partial charge is 0.335 e. The summed E-state index contributed by atoms with van der Waals surface area (Å²) in [6.45, 7) is 10.7. The maximum Gasteiger partial charge on any atom is 0.335 e. The van der Waals surface area contributed by atoms with Crippen molar-refractivity contribution in [3.8, 4) is 11.1 Å². The van der Waals surface area contributed by atoms with E-state index in [0.717, 1.165) is 34.2 Å². The molecule has 0 aromatic heterocycles. The standard InChI is InChI=1S/C34H39NO4/c1-22-23(2)30(33(37)38)17-16-29(22)32-13-9-8-12-31(32)24(3)39-21-28(36)20-35-34(4,5)19-25-14-15-26-10-6-7-11-27(26)18-25/h6-18,24,28,35-36H,19-21H2,1-5H3,(H,37,38)/t24-,28-/m1/s1. The molecule has 2 atom stereocenters. The second kappa shape index (κ2) is 12.1. The predicted octanol–water partition coefficient (Wildman–Crippen LogP) is 6.87. The second-order valence-electron chi connectivity index (χ2n) is 11.1. The summed E-state index contributed by atoms with van der Waals surface area (Å²) in [6.07, 6.45) is -0.0659. The van der Waals surface area contributed by atoms with Crippen LogP contribution in [0.2, 0.25) is 0 Å².